The Hall–Kier alpha value is -7.74. The maximum absolute atomic E-state index is 2.43. The second-order valence-corrected chi connectivity index (χ2v) is 16.9. The fraction of sp³-hybridized carbons (Fsp3) is 0.0492. The van der Waals surface area contributed by atoms with Gasteiger partial charge in [-0.3, -0.25) is 0 Å². The van der Waals surface area contributed by atoms with Crippen molar-refractivity contribution in [2.75, 3.05) is 4.90 Å². The van der Waals surface area contributed by atoms with Gasteiger partial charge in [-0.1, -0.05) is 214 Å². The van der Waals surface area contributed by atoms with E-state index < -0.39 is 0 Å². The number of anilines is 3. The largest absolute Gasteiger partial charge is 0.310 e. The molecule has 0 bridgehead atoms. The molecule has 11 rings (SSSR count). The minimum atomic E-state index is -0.127. The third-order valence-corrected chi connectivity index (χ3v) is 12.9. The van der Waals surface area contributed by atoms with E-state index in [4.69, 9.17) is 0 Å². The van der Waals surface area contributed by atoms with Crippen LogP contribution in [0.1, 0.15) is 25.0 Å². The number of hydrogen-bond acceptors (Lipinski definition) is 1. The summed E-state index contributed by atoms with van der Waals surface area (Å²) in [5.41, 5.74) is 20.6. The molecule has 0 fully saturated rings. The van der Waals surface area contributed by atoms with Crippen LogP contribution in [-0.2, 0) is 5.41 Å². The SMILES string of the molecule is CC1(C)c2ccccc2-c2ccc(N(c3ccc(-c4cccc(-c5ccccc5)c4-c4ccccc4-c4ccccc4)cc3)c3cccc(-c4cccc5ccccc45)c3)cc21. The summed E-state index contributed by atoms with van der Waals surface area (Å²) in [5, 5.41) is 2.49. The van der Waals surface area contributed by atoms with Gasteiger partial charge in [0.15, 0.2) is 0 Å². The molecule has 0 spiro atoms. The van der Waals surface area contributed by atoms with Gasteiger partial charge in [0.05, 0.1) is 0 Å². The molecule has 1 aliphatic carbocycles. The van der Waals surface area contributed by atoms with Gasteiger partial charge in [-0.2, -0.15) is 0 Å². The quantitative estimate of drug-likeness (QED) is 0.148. The smallest absolute Gasteiger partial charge is 0.0467 e. The van der Waals surface area contributed by atoms with Crippen molar-refractivity contribution in [1.29, 1.82) is 0 Å². The molecular formula is C61H45N. The van der Waals surface area contributed by atoms with E-state index in [1.54, 1.807) is 0 Å². The first-order valence-corrected chi connectivity index (χ1v) is 21.6. The van der Waals surface area contributed by atoms with Crippen LogP contribution in [0.15, 0.2) is 237 Å². The van der Waals surface area contributed by atoms with Crippen LogP contribution in [0.3, 0.4) is 0 Å². The number of rotatable bonds is 8. The predicted molar refractivity (Wildman–Crippen MR) is 263 cm³/mol. The number of hydrogen-bond donors (Lipinski definition) is 0. The molecule has 10 aromatic carbocycles. The molecule has 62 heavy (non-hydrogen) atoms. The van der Waals surface area contributed by atoms with Crippen molar-refractivity contribution in [1.82, 2.24) is 0 Å². The Balaban J connectivity index is 1.08. The zero-order chi connectivity index (χ0) is 41.6. The van der Waals surface area contributed by atoms with Gasteiger partial charge in [-0.05, 0) is 125 Å². The van der Waals surface area contributed by atoms with Crippen LogP contribution in [0.4, 0.5) is 17.1 Å². The highest BCUT2D eigenvalue weighted by Gasteiger charge is 2.35. The zero-order valence-electron chi connectivity index (χ0n) is 35.0. The summed E-state index contributed by atoms with van der Waals surface area (Å²) < 4.78 is 0. The lowest BCUT2D eigenvalue weighted by atomic mass is 9.82. The Bertz CT molecular complexity index is 3240. The van der Waals surface area contributed by atoms with E-state index in [-0.39, 0.29) is 5.41 Å². The number of fused-ring (bicyclic) bond motifs is 4. The van der Waals surface area contributed by atoms with Crippen molar-refractivity contribution in [2.45, 2.75) is 19.3 Å². The van der Waals surface area contributed by atoms with E-state index in [2.05, 4.69) is 255 Å². The molecule has 0 radical (unpaired) electrons. The minimum absolute atomic E-state index is 0.127. The topological polar surface area (TPSA) is 3.24 Å². The molecular weight excluding hydrogens is 747 g/mol. The molecule has 0 N–H and O–H groups in total. The van der Waals surface area contributed by atoms with Crippen LogP contribution < -0.4 is 4.90 Å². The Morgan fingerprint density at radius 1 is 0.290 bits per heavy atom. The highest BCUT2D eigenvalue weighted by atomic mass is 15.1. The maximum Gasteiger partial charge on any atom is 0.0467 e. The summed E-state index contributed by atoms with van der Waals surface area (Å²) in [4.78, 5) is 2.43. The van der Waals surface area contributed by atoms with Crippen molar-refractivity contribution >= 4 is 27.8 Å². The third kappa shape index (κ3) is 6.42. The van der Waals surface area contributed by atoms with Gasteiger partial charge in [-0.15, -0.1) is 0 Å². The fourth-order valence-electron chi connectivity index (χ4n) is 9.87. The summed E-state index contributed by atoms with van der Waals surface area (Å²) in [5.74, 6) is 0. The molecule has 0 aliphatic heterocycles. The molecule has 1 heteroatoms. The molecule has 0 amide bonds. The Morgan fingerprint density at radius 3 is 1.53 bits per heavy atom. The van der Waals surface area contributed by atoms with Crippen molar-refractivity contribution in [3.63, 3.8) is 0 Å². The summed E-state index contributed by atoms with van der Waals surface area (Å²) in [6, 6.07) is 86.6. The van der Waals surface area contributed by atoms with Gasteiger partial charge in [0, 0.05) is 22.5 Å². The van der Waals surface area contributed by atoms with Crippen molar-refractivity contribution in [2.24, 2.45) is 0 Å². The van der Waals surface area contributed by atoms with E-state index in [1.807, 2.05) is 0 Å². The third-order valence-electron chi connectivity index (χ3n) is 12.9. The van der Waals surface area contributed by atoms with Gasteiger partial charge in [0.1, 0.15) is 0 Å². The first-order chi connectivity index (χ1) is 30.5. The maximum atomic E-state index is 2.43. The summed E-state index contributed by atoms with van der Waals surface area (Å²) in [6.07, 6.45) is 0. The second-order valence-electron chi connectivity index (χ2n) is 16.9. The van der Waals surface area contributed by atoms with Crippen molar-refractivity contribution in [3.8, 4) is 66.8 Å². The second kappa shape index (κ2) is 15.4. The van der Waals surface area contributed by atoms with Crippen LogP contribution in [0, 0.1) is 0 Å². The van der Waals surface area contributed by atoms with Crippen LogP contribution in [0.5, 0.6) is 0 Å². The van der Waals surface area contributed by atoms with Gasteiger partial charge < -0.3 is 4.90 Å². The Labute approximate surface area is 364 Å². The molecule has 0 heterocycles. The van der Waals surface area contributed by atoms with Crippen LogP contribution >= 0.6 is 0 Å². The van der Waals surface area contributed by atoms with Crippen molar-refractivity contribution < 1.29 is 0 Å². The van der Waals surface area contributed by atoms with E-state index in [0.717, 1.165) is 17.1 Å². The van der Waals surface area contributed by atoms with E-state index in [1.165, 1.54) is 88.7 Å². The monoisotopic (exact) mass is 791 g/mol. The molecule has 294 valence electrons. The summed E-state index contributed by atoms with van der Waals surface area (Å²) >= 11 is 0. The Morgan fingerprint density at radius 2 is 0.774 bits per heavy atom. The van der Waals surface area contributed by atoms with E-state index in [0.29, 0.717) is 0 Å². The molecule has 0 unspecified atom stereocenters. The Kier molecular flexibility index (Phi) is 9.24. The minimum Gasteiger partial charge on any atom is -0.310 e. The molecule has 1 aliphatic rings. The van der Waals surface area contributed by atoms with Crippen LogP contribution in [-0.4, -0.2) is 0 Å². The lowest BCUT2D eigenvalue weighted by Gasteiger charge is -2.29. The van der Waals surface area contributed by atoms with E-state index >= 15 is 0 Å². The summed E-state index contributed by atoms with van der Waals surface area (Å²) in [6.45, 7) is 4.72. The van der Waals surface area contributed by atoms with Gasteiger partial charge in [0.25, 0.3) is 0 Å². The zero-order valence-corrected chi connectivity index (χ0v) is 35.0. The highest BCUT2D eigenvalue weighted by molar-refractivity contribution is 6.00. The molecule has 1 nitrogen and oxygen atoms in total. The number of benzene rings is 10. The standard InChI is InChI=1S/C61H45N/c1-61(2)58-33-14-13-28-55(58)56-39-38-49(41-59(56)61)62(48-25-15-24-46(40-48)52-30-16-23-43-22-9-10-26-50(43)52)47-36-34-45(35-37-47)54-32-17-31-53(44-20-7-4-8-21-44)60(54)57-29-12-11-27-51(57)42-18-5-3-6-19-42/h3-41H,1-2H3. The van der Waals surface area contributed by atoms with E-state index in [9.17, 15) is 0 Å². The number of nitrogens with zero attached hydrogens (tertiary/aromatic N) is 1. The lowest BCUT2D eigenvalue weighted by molar-refractivity contribution is 0.660. The average molecular weight is 792 g/mol. The van der Waals surface area contributed by atoms with Gasteiger partial charge >= 0.3 is 0 Å². The summed E-state index contributed by atoms with van der Waals surface area (Å²) in [7, 11) is 0. The lowest BCUT2D eigenvalue weighted by Crippen LogP contribution is -2.16. The van der Waals surface area contributed by atoms with Gasteiger partial charge in [0.2, 0.25) is 0 Å². The van der Waals surface area contributed by atoms with Crippen molar-refractivity contribution in [3.05, 3.63) is 248 Å². The first kappa shape index (κ1) is 37.3. The van der Waals surface area contributed by atoms with Crippen LogP contribution in [0.2, 0.25) is 0 Å². The average Bonchev–Trinajstić information content (AvgIpc) is 3.57. The molecule has 0 saturated heterocycles. The predicted octanol–water partition coefficient (Wildman–Crippen LogP) is 17.0. The molecule has 10 aromatic rings. The molecule has 0 saturated carbocycles. The fourth-order valence-corrected chi connectivity index (χ4v) is 9.87. The van der Waals surface area contributed by atoms with Gasteiger partial charge in [-0.25, -0.2) is 0 Å². The highest BCUT2D eigenvalue weighted by Crippen LogP contribution is 2.51. The normalized spacial score (nSPS) is 12.5. The first-order valence-electron chi connectivity index (χ1n) is 21.6. The molecule has 0 aromatic heterocycles. The molecule has 0 atom stereocenters. The van der Waals surface area contributed by atoms with Crippen LogP contribution in [0.25, 0.3) is 77.5 Å².